The smallest absolute Gasteiger partial charge is 0.223 e. The minimum absolute atomic E-state index is 0.286. The van der Waals surface area contributed by atoms with Crippen molar-refractivity contribution in [3.63, 3.8) is 0 Å². The summed E-state index contributed by atoms with van der Waals surface area (Å²) in [4.78, 5) is 13.9. The first-order valence-corrected chi connectivity index (χ1v) is 9.20. The number of carbonyl (C=O) groups is 1. The summed E-state index contributed by atoms with van der Waals surface area (Å²) in [5.41, 5.74) is 0. The van der Waals surface area contributed by atoms with Crippen molar-refractivity contribution in [2.45, 2.75) is 91.5 Å². The van der Waals surface area contributed by atoms with Crippen molar-refractivity contribution in [3.05, 3.63) is 0 Å². The molecule has 126 valence electrons. The molecule has 0 saturated carbocycles. The normalized spacial score (nSPS) is 11.1. The van der Waals surface area contributed by atoms with E-state index in [0.717, 1.165) is 19.6 Å². The Kier molecular flexibility index (Phi) is 14.0. The Bertz CT molecular complexity index is 229. The second-order valence-electron chi connectivity index (χ2n) is 5.96. The number of hydrogen-bond acceptors (Lipinski definition) is 2. The summed E-state index contributed by atoms with van der Waals surface area (Å²) < 4.78 is 0. The fraction of sp³-hybridized carbons (Fsp3) is 0.944. The van der Waals surface area contributed by atoms with E-state index >= 15 is 0 Å². The lowest BCUT2D eigenvalue weighted by Gasteiger charge is -2.21. The van der Waals surface area contributed by atoms with Crippen molar-refractivity contribution in [2.24, 2.45) is 0 Å². The number of nitrogens with one attached hydrogen (secondary N) is 1. The second-order valence-corrected chi connectivity index (χ2v) is 5.96. The van der Waals surface area contributed by atoms with Gasteiger partial charge in [-0.2, -0.15) is 0 Å². The molecule has 0 aromatic heterocycles. The zero-order valence-corrected chi connectivity index (χ0v) is 14.9. The van der Waals surface area contributed by atoms with Crippen LogP contribution in [0.4, 0.5) is 0 Å². The van der Waals surface area contributed by atoms with Gasteiger partial charge in [0.1, 0.15) is 0 Å². The molecule has 0 spiro atoms. The summed E-state index contributed by atoms with van der Waals surface area (Å²) >= 11 is 0. The first kappa shape index (κ1) is 20.4. The van der Waals surface area contributed by atoms with Gasteiger partial charge in [-0.3, -0.25) is 4.79 Å². The van der Waals surface area contributed by atoms with E-state index in [1.165, 1.54) is 51.4 Å². The van der Waals surface area contributed by atoms with Crippen molar-refractivity contribution in [2.75, 3.05) is 19.6 Å². The molecule has 21 heavy (non-hydrogen) atoms. The molecule has 0 rings (SSSR count). The average molecular weight is 299 g/mol. The Morgan fingerprint density at radius 2 is 1.43 bits per heavy atom. The lowest BCUT2D eigenvalue weighted by molar-refractivity contribution is -0.130. The number of amides is 1. The average Bonchev–Trinajstić information content (AvgIpc) is 2.48. The van der Waals surface area contributed by atoms with Crippen LogP contribution in [0.15, 0.2) is 0 Å². The second kappa shape index (κ2) is 14.4. The van der Waals surface area contributed by atoms with Crippen LogP contribution in [-0.2, 0) is 4.79 Å². The van der Waals surface area contributed by atoms with Gasteiger partial charge in [-0.25, -0.2) is 0 Å². The van der Waals surface area contributed by atoms with Gasteiger partial charge in [0.25, 0.3) is 0 Å². The fourth-order valence-electron chi connectivity index (χ4n) is 2.75. The van der Waals surface area contributed by atoms with Gasteiger partial charge in [0.15, 0.2) is 0 Å². The number of carbonyl (C=O) groups excluding carboxylic acids is 1. The molecule has 3 nitrogen and oxygen atoms in total. The van der Waals surface area contributed by atoms with E-state index in [9.17, 15) is 4.79 Å². The van der Waals surface area contributed by atoms with E-state index in [4.69, 9.17) is 0 Å². The Labute approximate surface area is 132 Å². The van der Waals surface area contributed by atoms with Crippen LogP contribution in [0.3, 0.4) is 0 Å². The predicted octanol–water partition coefficient (Wildman–Crippen LogP) is 4.36. The standard InChI is InChI=1S/C18H38N2O/c1-5-9-11-13-17(14-12-10-6-2)19-16-15-18(21)20(7-3)8-4/h17,19H,5-16H2,1-4H3. The molecule has 0 saturated heterocycles. The molecule has 1 amide bonds. The maximum atomic E-state index is 12.0. The third kappa shape index (κ3) is 10.8. The molecule has 0 aromatic carbocycles. The van der Waals surface area contributed by atoms with Crippen LogP contribution in [0.2, 0.25) is 0 Å². The van der Waals surface area contributed by atoms with Gasteiger partial charge in [0.05, 0.1) is 0 Å². The monoisotopic (exact) mass is 298 g/mol. The van der Waals surface area contributed by atoms with Crippen LogP contribution in [0.1, 0.15) is 85.5 Å². The van der Waals surface area contributed by atoms with Crippen molar-refractivity contribution in [1.29, 1.82) is 0 Å². The molecule has 0 aliphatic heterocycles. The number of rotatable bonds is 14. The van der Waals surface area contributed by atoms with Crippen molar-refractivity contribution < 1.29 is 4.79 Å². The van der Waals surface area contributed by atoms with Crippen molar-refractivity contribution in [1.82, 2.24) is 10.2 Å². The van der Waals surface area contributed by atoms with E-state index in [1.807, 2.05) is 18.7 Å². The Morgan fingerprint density at radius 1 is 0.905 bits per heavy atom. The maximum absolute atomic E-state index is 12.0. The molecule has 0 radical (unpaired) electrons. The van der Waals surface area contributed by atoms with Crippen LogP contribution in [0, 0.1) is 0 Å². The predicted molar refractivity (Wildman–Crippen MR) is 92.6 cm³/mol. The summed E-state index contributed by atoms with van der Waals surface area (Å²) in [7, 11) is 0. The van der Waals surface area contributed by atoms with Gasteiger partial charge in [-0.15, -0.1) is 0 Å². The first-order valence-electron chi connectivity index (χ1n) is 9.20. The zero-order chi connectivity index (χ0) is 15.9. The van der Waals surface area contributed by atoms with Crippen LogP contribution in [0.25, 0.3) is 0 Å². The Morgan fingerprint density at radius 3 is 1.86 bits per heavy atom. The Hall–Kier alpha value is -0.570. The van der Waals surface area contributed by atoms with Crippen LogP contribution >= 0.6 is 0 Å². The van der Waals surface area contributed by atoms with Crippen molar-refractivity contribution >= 4 is 5.91 Å². The zero-order valence-electron chi connectivity index (χ0n) is 14.9. The molecule has 0 aliphatic carbocycles. The van der Waals surface area contributed by atoms with Crippen LogP contribution in [0.5, 0.6) is 0 Å². The minimum atomic E-state index is 0.286. The topological polar surface area (TPSA) is 32.3 Å². The molecule has 0 aromatic rings. The van der Waals surface area contributed by atoms with Gasteiger partial charge >= 0.3 is 0 Å². The number of hydrogen-bond donors (Lipinski definition) is 1. The van der Waals surface area contributed by atoms with E-state index in [2.05, 4.69) is 19.2 Å². The molecule has 0 heterocycles. The largest absolute Gasteiger partial charge is 0.343 e. The van der Waals surface area contributed by atoms with E-state index in [1.54, 1.807) is 0 Å². The summed E-state index contributed by atoms with van der Waals surface area (Å²) in [6.45, 7) is 11.1. The highest BCUT2D eigenvalue weighted by molar-refractivity contribution is 5.76. The summed E-state index contributed by atoms with van der Waals surface area (Å²) in [6, 6.07) is 0.604. The molecule has 3 heteroatoms. The number of unbranched alkanes of at least 4 members (excludes halogenated alkanes) is 4. The maximum Gasteiger partial charge on any atom is 0.223 e. The Balaban J connectivity index is 3.99. The highest BCUT2D eigenvalue weighted by Gasteiger charge is 2.11. The van der Waals surface area contributed by atoms with E-state index < -0.39 is 0 Å². The SMILES string of the molecule is CCCCCC(CCCCC)NCCC(=O)N(CC)CC. The van der Waals surface area contributed by atoms with Gasteiger partial charge in [0.2, 0.25) is 5.91 Å². The third-order valence-electron chi connectivity index (χ3n) is 4.20. The lowest BCUT2D eigenvalue weighted by Crippen LogP contribution is -2.36. The fourth-order valence-corrected chi connectivity index (χ4v) is 2.75. The molecule has 1 N–H and O–H groups in total. The molecular weight excluding hydrogens is 260 g/mol. The van der Waals surface area contributed by atoms with Crippen LogP contribution in [-0.4, -0.2) is 36.5 Å². The molecule has 0 atom stereocenters. The molecular formula is C18H38N2O. The highest BCUT2D eigenvalue weighted by atomic mass is 16.2. The third-order valence-corrected chi connectivity index (χ3v) is 4.20. The van der Waals surface area contributed by atoms with Gasteiger partial charge in [-0.05, 0) is 26.7 Å². The van der Waals surface area contributed by atoms with E-state index in [-0.39, 0.29) is 5.91 Å². The summed E-state index contributed by atoms with van der Waals surface area (Å²) in [6.07, 6.45) is 11.0. The molecule has 0 bridgehead atoms. The summed E-state index contributed by atoms with van der Waals surface area (Å²) in [5.74, 6) is 0.286. The highest BCUT2D eigenvalue weighted by Crippen LogP contribution is 2.11. The van der Waals surface area contributed by atoms with Crippen LogP contribution < -0.4 is 5.32 Å². The lowest BCUT2D eigenvalue weighted by atomic mass is 10.0. The first-order chi connectivity index (χ1) is 10.2. The minimum Gasteiger partial charge on any atom is -0.343 e. The number of nitrogens with zero attached hydrogens (tertiary/aromatic N) is 1. The van der Waals surface area contributed by atoms with Gasteiger partial charge < -0.3 is 10.2 Å². The molecule has 0 aliphatic rings. The van der Waals surface area contributed by atoms with E-state index in [0.29, 0.717) is 12.5 Å². The quantitative estimate of drug-likeness (QED) is 0.483. The molecule has 0 unspecified atom stereocenters. The van der Waals surface area contributed by atoms with Gasteiger partial charge in [0, 0.05) is 32.1 Å². The summed E-state index contributed by atoms with van der Waals surface area (Å²) in [5, 5.41) is 3.62. The molecule has 0 fully saturated rings. The van der Waals surface area contributed by atoms with Gasteiger partial charge in [-0.1, -0.05) is 52.4 Å². The van der Waals surface area contributed by atoms with Crippen molar-refractivity contribution in [3.8, 4) is 0 Å².